The average molecular weight is 221 g/mol. The summed E-state index contributed by atoms with van der Waals surface area (Å²) in [5, 5.41) is -0.798. The highest BCUT2D eigenvalue weighted by Crippen LogP contribution is 2.24. The van der Waals surface area contributed by atoms with Gasteiger partial charge in [0.1, 0.15) is 5.35 Å². The lowest BCUT2D eigenvalue weighted by molar-refractivity contribution is -0.292. The highest BCUT2D eigenvalue weighted by atomic mass is 28.1. The highest BCUT2D eigenvalue weighted by Gasteiger charge is 2.44. The lowest BCUT2D eigenvalue weighted by Crippen LogP contribution is -2.64. The number of hydrogen-bond donors (Lipinski definition) is 1. The normalized spacial score (nSPS) is 16.9. The maximum absolute atomic E-state index is 6.07. The van der Waals surface area contributed by atoms with E-state index in [4.69, 9.17) is 19.9 Å². The zero-order chi connectivity index (χ0) is 11.2. The first kappa shape index (κ1) is 14.1. The van der Waals surface area contributed by atoms with Crippen molar-refractivity contribution in [2.24, 2.45) is 5.73 Å². The van der Waals surface area contributed by atoms with Crippen molar-refractivity contribution in [2.45, 2.75) is 38.8 Å². The summed E-state index contributed by atoms with van der Waals surface area (Å²) in [6.45, 7) is 9.27. The van der Waals surface area contributed by atoms with Crippen molar-refractivity contribution in [2.75, 3.05) is 19.8 Å². The van der Waals surface area contributed by atoms with Crippen LogP contribution in [0.5, 0.6) is 0 Å². The van der Waals surface area contributed by atoms with Crippen LogP contribution in [0.1, 0.15) is 27.7 Å². The molecule has 0 rings (SSSR count). The molecule has 0 bridgehead atoms. The van der Waals surface area contributed by atoms with E-state index in [2.05, 4.69) is 0 Å². The first-order valence-corrected chi connectivity index (χ1v) is 6.14. The Kier molecular flexibility index (Phi) is 5.85. The highest BCUT2D eigenvalue weighted by molar-refractivity contribution is 6.14. The van der Waals surface area contributed by atoms with Gasteiger partial charge in [0.05, 0.1) is 10.2 Å². The van der Waals surface area contributed by atoms with Gasteiger partial charge in [-0.2, -0.15) is 0 Å². The van der Waals surface area contributed by atoms with Crippen LogP contribution >= 0.6 is 0 Å². The van der Waals surface area contributed by atoms with E-state index in [-0.39, 0.29) is 0 Å². The zero-order valence-electron chi connectivity index (χ0n) is 9.92. The Morgan fingerprint density at radius 3 is 1.64 bits per heavy atom. The molecule has 5 heteroatoms. The van der Waals surface area contributed by atoms with Crippen LogP contribution in [0.15, 0.2) is 0 Å². The number of hydrogen-bond acceptors (Lipinski definition) is 4. The second kappa shape index (κ2) is 5.82. The number of ether oxygens (including phenoxy) is 3. The topological polar surface area (TPSA) is 53.7 Å². The third-order valence-electron chi connectivity index (χ3n) is 2.19. The largest absolute Gasteiger partial charge is 0.360 e. The van der Waals surface area contributed by atoms with Gasteiger partial charge in [0.2, 0.25) is 5.79 Å². The molecule has 0 spiro atoms. The van der Waals surface area contributed by atoms with Crippen LogP contribution in [-0.2, 0) is 14.2 Å². The minimum absolute atomic E-state index is 0.560. The van der Waals surface area contributed by atoms with Crippen LogP contribution in [0.3, 0.4) is 0 Å². The van der Waals surface area contributed by atoms with E-state index in [1.54, 1.807) is 0 Å². The Morgan fingerprint density at radius 2 is 1.36 bits per heavy atom. The zero-order valence-corrected chi connectivity index (χ0v) is 11.9. The third kappa shape index (κ3) is 3.32. The van der Waals surface area contributed by atoms with E-state index < -0.39 is 11.1 Å². The molecule has 0 aliphatic rings. The summed E-state index contributed by atoms with van der Waals surface area (Å²) in [6, 6.07) is 0. The van der Waals surface area contributed by atoms with Gasteiger partial charge in [-0.15, -0.1) is 0 Å². The summed E-state index contributed by atoms with van der Waals surface area (Å²) < 4.78 is 16.6. The average Bonchev–Trinajstić information content (AvgIpc) is 2.04. The first-order valence-electron chi connectivity index (χ1n) is 5.14. The van der Waals surface area contributed by atoms with E-state index >= 15 is 0 Å². The summed E-state index contributed by atoms with van der Waals surface area (Å²) >= 11 is 0. The molecule has 0 aromatic heterocycles. The van der Waals surface area contributed by atoms with Crippen molar-refractivity contribution in [3.63, 3.8) is 0 Å². The molecule has 14 heavy (non-hydrogen) atoms. The Balaban J connectivity index is 4.59. The molecule has 0 aromatic carbocycles. The fraction of sp³-hybridized carbons (Fsp3) is 1.00. The summed E-state index contributed by atoms with van der Waals surface area (Å²) in [7, 11) is 0.650. The maximum Gasteiger partial charge on any atom is 0.203 e. The number of nitrogens with two attached hydrogens (primary N) is 1. The van der Waals surface area contributed by atoms with Crippen LogP contribution in [0.4, 0.5) is 0 Å². The van der Waals surface area contributed by atoms with E-state index in [9.17, 15) is 0 Å². The van der Waals surface area contributed by atoms with Gasteiger partial charge in [-0.05, 0) is 27.7 Å². The van der Waals surface area contributed by atoms with Gasteiger partial charge in [-0.25, -0.2) is 0 Å². The molecule has 0 amide bonds. The van der Waals surface area contributed by atoms with Crippen LogP contribution in [0.2, 0.25) is 0 Å². The summed E-state index contributed by atoms with van der Waals surface area (Å²) in [4.78, 5) is 0. The molecule has 0 aromatic rings. The molecular weight excluding hydrogens is 198 g/mol. The van der Waals surface area contributed by atoms with Gasteiger partial charge in [0, 0.05) is 19.8 Å². The minimum atomic E-state index is -0.835. The molecule has 0 aliphatic heterocycles. The lowest BCUT2D eigenvalue weighted by Gasteiger charge is -2.42. The third-order valence-corrected chi connectivity index (χ3v) is 3.38. The van der Waals surface area contributed by atoms with Gasteiger partial charge in [-0.3, -0.25) is 0 Å². The van der Waals surface area contributed by atoms with Gasteiger partial charge in [0.15, 0.2) is 0 Å². The molecule has 86 valence electrons. The molecule has 0 aliphatic carbocycles. The molecule has 1 unspecified atom stereocenters. The molecule has 2 N–H and O–H groups in total. The van der Waals surface area contributed by atoms with Gasteiger partial charge in [-0.1, -0.05) is 0 Å². The van der Waals surface area contributed by atoms with Crippen molar-refractivity contribution >= 4 is 10.2 Å². The Bertz CT molecular complexity index is 158. The fourth-order valence-corrected chi connectivity index (χ4v) is 1.89. The molecule has 0 saturated heterocycles. The monoisotopic (exact) mass is 221 g/mol. The van der Waals surface area contributed by atoms with E-state index in [1.807, 2.05) is 27.7 Å². The van der Waals surface area contributed by atoms with Crippen molar-refractivity contribution in [1.29, 1.82) is 0 Å². The van der Waals surface area contributed by atoms with E-state index in [0.717, 1.165) is 0 Å². The van der Waals surface area contributed by atoms with Crippen molar-refractivity contribution in [3.05, 3.63) is 0 Å². The Morgan fingerprint density at radius 1 is 1.00 bits per heavy atom. The molecule has 1 atom stereocenters. The standard InChI is InChI=1S/C9H23NO3Si/c1-5-11-8(4,12-6-2)9(10,14)13-7-3/h5-7,10H2,1-4,14H3. The second-order valence-electron chi connectivity index (χ2n) is 3.35. The first-order chi connectivity index (χ1) is 6.43. The molecule has 0 saturated carbocycles. The summed E-state index contributed by atoms with van der Waals surface area (Å²) in [5.41, 5.74) is 6.07. The minimum Gasteiger partial charge on any atom is -0.360 e. The maximum atomic E-state index is 6.07. The van der Waals surface area contributed by atoms with Crippen molar-refractivity contribution in [1.82, 2.24) is 0 Å². The Labute approximate surface area is 89.5 Å². The second-order valence-corrected chi connectivity index (χ2v) is 4.84. The van der Waals surface area contributed by atoms with Crippen molar-refractivity contribution < 1.29 is 14.2 Å². The Hall–Kier alpha value is 0.0569. The fourth-order valence-electron chi connectivity index (χ4n) is 1.31. The van der Waals surface area contributed by atoms with Gasteiger partial charge >= 0.3 is 0 Å². The molecule has 0 radical (unpaired) electrons. The summed E-state index contributed by atoms with van der Waals surface area (Å²) in [5.74, 6) is -0.835. The summed E-state index contributed by atoms with van der Waals surface area (Å²) in [6.07, 6.45) is 0. The van der Waals surface area contributed by atoms with Crippen LogP contribution in [0, 0.1) is 0 Å². The van der Waals surface area contributed by atoms with Gasteiger partial charge in [0.25, 0.3) is 0 Å². The SMILES string of the molecule is CCOC(N)([SiH3])C(C)(OCC)OCC. The van der Waals surface area contributed by atoms with Crippen LogP contribution < -0.4 is 5.73 Å². The molecule has 0 heterocycles. The van der Waals surface area contributed by atoms with Crippen LogP contribution in [-0.4, -0.2) is 41.2 Å². The lowest BCUT2D eigenvalue weighted by atomic mass is 10.2. The van der Waals surface area contributed by atoms with Crippen LogP contribution in [0.25, 0.3) is 0 Å². The van der Waals surface area contributed by atoms with E-state index in [0.29, 0.717) is 30.1 Å². The van der Waals surface area contributed by atoms with E-state index in [1.165, 1.54) is 0 Å². The predicted octanol–water partition coefficient (Wildman–Crippen LogP) is -0.210. The quantitative estimate of drug-likeness (QED) is 0.477. The van der Waals surface area contributed by atoms with Gasteiger partial charge < -0.3 is 19.9 Å². The molecule has 0 fully saturated rings. The molecular formula is C9H23NO3Si. The van der Waals surface area contributed by atoms with Crippen molar-refractivity contribution in [3.8, 4) is 0 Å². The molecule has 4 nitrogen and oxygen atoms in total. The smallest absolute Gasteiger partial charge is 0.203 e. The predicted molar refractivity (Wildman–Crippen MR) is 60.1 cm³/mol. The number of rotatable bonds is 7.